The van der Waals surface area contributed by atoms with Crippen molar-refractivity contribution in [2.24, 2.45) is 0 Å². The largest absolute Gasteiger partial charge is 0.496 e. The predicted octanol–water partition coefficient (Wildman–Crippen LogP) is 3.63. The van der Waals surface area contributed by atoms with Gasteiger partial charge in [0.05, 0.1) is 12.1 Å². The van der Waals surface area contributed by atoms with Crippen molar-refractivity contribution in [3.05, 3.63) is 33.9 Å². The Labute approximate surface area is 110 Å². The van der Waals surface area contributed by atoms with Crippen molar-refractivity contribution in [1.82, 2.24) is 0 Å². The molecule has 0 fully saturated rings. The molecule has 0 aliphatic rings. The van der Waals surface area contributed by atoms with E-state index < -0.39 is 5.97 Å². The summed E-state index contributed by atoms with van der Waals surface area (Å²) in [6.07, 6.45) is 0.915. The van der Waals surface area contributed by atoms with Gasteiger partial charge in [-0.05, 0) is 31.0 Å². The highest BCUT2D eigenvalue weighted by molar-refractivity contribution is 6.50. The molecule has 0 bridgehead atoms. The molecule has 0 amide bonds. The minimum absolute atomic E-state index is 0.0914. The summed E-state index contributed by atoms with van der Waals surface area (Å²) in [5, 5.41) is 9.33. The van der Waals surface area contributed by atoms with E-state index in [0.717, 1.165) is 11.6 Å². The number of aliphatic carboxylic acids is 1. The zero-order valence-corrected chi connectivity index (χ0v) is 11.2. The SMILES string of the molecule is COc1cc(C)c(Cl)c(C)c1/C(Cl)=C\C(=O)O. The Bertz CT molecular complexity index is 493. The van der Waals surface area contributed by atoms with E-state index in [-0.39, 0.29) is 5.03 Å². The number of hydrogen-bond donors (Lipinski definition) is 1. The zero-order chi connectivity index (χ0) is 13.2. The Hall–Kier alpha value is -1.19. The molecule has 0 atom stereocenters. The highest BCUT2D eigenvalue weighted by Crippen LogP contribution is 2.37. The van der Waals surface area contributed by atoms with Crippen LogP contribution in [0.25, 0.3) is 5.03 Å². The second kappa shape index (κ2) is 5.43. The quantitative estimate of drug-likeness (QED) is 0.857. The highest BCUT2D eigenvalue weighted by Gasteiger charge is 2.16. The number of rotatable bonds is 3. The molecule has 0 saturated carbocycles. The van der Waals surface area contributed by atoms with Crippen LogP contribution in [0.5, 0.6) is 5.75 Å². The van der Waals surface area contributed by atoms with Crippen molar-refractivity contribution in [2.75, 3.05) is 7.11 Å². The molecule has 1 aromatic carbocycles. The molecule has 92 valence electrons. The molecule has 0 aliphatic carbocycles. The average molecular weight is 275 g/mol. The number of ether oxygens (including phenoxy) is 1. The van der Waals surface area contributed by atoms with Crippen LogP contribution >= 0.6 is 23.2 Å². The second-order valence-electron chi connectivity index (χ2n) is 3.54. The van der Waals surface area contributed by atoms with Crippen molar-refractivity contribution in [1.29, 1.82) is 0 Å². The molecule has 0 aliphatic heterocycles. The van der Waals surface area contributed by atoms with Crippen LogP contribution in [0.15, 0.2) is 12.1 Å². The number of aryl methyl sites for hydroxylation is 1. The molecular formula is C12H12Cl2O3. The first-order valence-corrected chi connectivity index (χ1v) is 5.58. The smallest absolute Gasteiger partial charge is 0.329 e. The van der Waals surface area contributed by atoms with Gasteiger partial charge < -0.3 is 9.84 Å². The summed E-state index contributed by atoms with van der Waals surface area (Å²) in [4.78, 5) is 10.6. The van der Waals surface area contributed by atoms with Gasteiger partial charge in [-0.25, -0.2) is 4.79 Å². The van der Waals surface area contributed by atoms with Gasteiger partial charge in [0.15, 0.2) is 0 Å². The van der Waals surface area contributed by atoms with Crippen LogP contribution in [0.1, 0.15) is 16.7 Å². The van der Waals surface area contributed by atoms with Crippen LogP contribution in [-0.2, 0) is 4.79 Å². The van der Waals surface area contributed by atoms with Crippen LogP contribution < -0.4 is 4.74 Å². The molecule has 3 nitrogen and oxygen atoms in total. The van der Waals surface area contributed by atoms with Gasteiger partial charge in [-0.1, -0.05) is 23.2 Å². The van der Waals surface area contributed by atoms with Crippen LogP contribution in [0.4, 0.5) is 0 Å². The second-order valence-corrected chi connectivity index (χ2v) is 4.33. The number of carboxylic acid groups (broad SMARTS) is 1. The van der Waals surface area contributed by atoms with Gasteiger partial charge in [-0.3, -0.25) is 0 Å². The maximum absolute atomic E-state index is 10.6. The maximum atomic E-state index is 10.6. The molecule has 0 aromatic heterocycles. The molecule has 0 radical (unpaired) electrons. The molecule has 1 aromatic rings. The topological polar surface area (TPSA) is 46.5 Å². The molecule has 0 spiro atoms. The first-order valence-electron chi connectivity index (χ1n) is 4.82. The van der Waals surface area contributed by atoms with Crippen molar-refractivity contribution in [3.63, 3.8) is 0 Å². The van der Waals surface area contributed by atoms with Crippen LogP contribution in [0.3, 0.4) is 0 Å². The lowest BCUT2D eigenvalue weighted by Crippen LogP contribution is -1.97. The number of benzene rings is 1. The van der Waals surface area contributed by atoms with Crippen LogP contribution in [0, 0.1) is 13.8 Å². The molecular weight excluding hydrogens is 263 g/mol. The Morgan fingerprint density at radius 3 is 2.53 bits per heavy atom. The first kappa shape index (κ1) is 13.9. The summed E-state index contributed by atoms with van der Waals surface area (Å²) in [6, 6.07) is 1.72. The third-order valence-corrected chi connectivity index (χ3v) is 3.23. The van der Waals surface area contributed by atoms with Gasteiger partial charge >= 0.3 is 5.97 Å². The summed E-state index contributed by atoms with van der Waals surface area (Å²) in [7, 11) is 1.50. The summed E-state index contributed by atoms with van der Waals surface area (Å²) < 4.78 is 5.19. The van der Waals surface area contributed by atoms with Gasteiger partial charge in [-0.15, -0.1) is 0 Å². The van der Waals surface area contributed by atoms with Gasteiger partial charge in [0.25, 0.3) is 0 Å². The first-order chi connectivity index (χ1) is 7.88. The molecule has 1 rings (SSSR count). The lowest BCUT2D eigenvalue weighted by Gasteiger charge is -2.14. The predicted molar refractivity (Wildman–Crippen MR) is 68.9 cm³/mol. The summed E-state index contributed by atoms with van der Waals surface area (Å²) >= 11 is 12.1. The molecule has 0 heterocycles. The van der Waals surface area contributed by atoms with Crippen LogP contribution in [0.2, 0.25) is 5.02 Å². The van der Waals surface area contributed by atoms with Crippen molar-refractivity contribution in [3.8, 4) is 5.75 Å². The lowest BCUT2D eigenvalue weighted by atomic mass is 10.0. The third-order valence-electron chi connectivity index (χ3n) is 2.35. The van der Waals surface area contributed by atoms with E-state index in [1.165, 1.54) is 7.11 Å². The standard InChI is InChI=1S/C12H12Cl2O3/c1-6-4-9(17-3)11(7(2)12(6)14)8(13)5-10(15)16/h4-5H,1-3H3,(H,15,16)/b8-5+. The van der Waals surface area contributed by atoms with Crippen molar-refractivity contribution < 1.29 is 14.6 Å². The molecule has 0 saturated heterocycles. The summed E-state index contributed by atoms with van der Waals surface area (Å²) in [6.45, 7) is 3.61. The van der Waals surface area contributed by atoms with Gasteiger partial charge in [0.2, 0.25) is 0 Å². The fourth-order valence-corrected chi connectivity index (χ4v) is 2.04. The minimum atomic E-state index is -1.12. The van der Waals surface area contributed by atoms with E-state index in [0.29, 0.717) is 21.9 Å². The van der Waals surface area contributed by atoms with E-state index in [2.05, 4.69) is 0 Å². The average Bonchev–Trinajstić information content (AvgIpc) is 2.23. The fraction of sp³-hybridized carbons (Fsp3) is 0.250. The monoisotopic (exact) mass is 274 g/mol. The molecule has 17 heavy (non-hydrogen) atoms. The van der Waals surface area contributed by atoms with Crippen molar-refractivity contribution in [2.45, 2.75) is 13.8 Å². The summed E-state index contributed by atoms with van der Waals surface area (Å²) in [5.41, 5.74) is 2.06. The number of halogens is 2. The Morgan fingerprint density at radius 2 is 2.06 bits per heavy atom. The molecule has 0 unspecified atom stereocenters. The van der Waals surface area contributed by atoms with Gasteiger partial charge in [0.1, 0.15) is 5.75 Å². The van der Waals surface area contributed by atoms with E-state index >= 15 is 0 Å². The molecule has 5 heteroatoms. The fourth-order valence-electron chi connectivity index (χ4n) is 1.56. The zero-order valence-electron chi connectivity index (χ0n) is 9.67. The van der Waals surface area contributed by atoms with E-state index in [1.807, 2.05) is 6.92 Å². The summed E-state index contributed by atoms with van der Waals surface area (Å²) in [5.74, 6) is -0.611. The highest BCUT2D eigenvalue weighted by atomic mass is 35.5. The van der Waals surface area contributed by atoms with Gasteiger partial charge in [-0.2, -0.15) is 0 Å². The van der Waals surface area contributed by atoms with E-state index in [4.69, 9.17) is 33.0 Å². The van der Waals surface area contributed by atoms with Gasteiger partial charge in [0, 0.05) is 16.7 Å². The Kier molecular flexibility index (Phi) is 4.43. The van der Waals surface area contributed by atoms with Crippen molar-refractivity contribution >= 4 is 34.2 Å². The minimum Gasteiger partial charge on any atom is -0.496 e. The van der Waals surface area contributed by atoms with Crippen LogP contribution in [-0.4, -0.2) is 18.2 Å². The number of methoxy groups -OCH3 is 1. The Balaban J connectivity index is 3.51. The van der Waals surface area contributed by atoms with E-state index in [1.54, 1.807) is 13.0 Å². The number of hydrogen-bond acceptors (Lipinski definition) is 2. The maximum Gasteiger partial charge on any atom is 0.329 e. The Morgan fingerprint density at radius 1 is 1.47 bits per heavy atom. The van der Waals surface area contributed by atoms with E-state index in [9.17, 15) is 4.79 Å². The number of carboxylic acids is 1. The molecule has 1 N–H and O–H groups in total. The normalized spacial score (nSPS) is 11.5. The number of carbonyl (C=O) groups is 1. The third kappa shape index (κ3) is 2.93. The lowest BCUT2D eigenvalue weighted by molar-refractivity contribution is -0.131.